The van der Waals surface area contributed by atoms with Crippen LogP contribution in [-0.2, 0) is 11.2 Å². The molecule has 1 aliphatic rings. The zero-order valence-electron chi connectivity index (χ0n) is 8.49. The summed E-state index contributed by atoms with van der Waals surface area (Å²) in [7, 11) is 0. The number of fused-ring (bicyclic) bond motifs is 1. The number of carbonyl (C=O) groups excluding carboxylic acids is 1. The van der Waals surface area contributed by atoms with Gasteiger partial charge in [-0.15, -0.1) is 0 Å². The van der Waals surface area contributed by atoms with Crippen LogP contribution in [-0.4, -0.2) is 6.29 Å². The van der Waals surface area contributed by atoms with Crippen LogP contribution in [0, 0.1) is 5.92 Å². The van der Waals surface area contributed by atoms with Crippen molar-refractivity contribution in [3.05, 3.63) is 35.4 Å². The summed E-state index contributed by atoms with van der Waals surface area (Å²) < 4.78 is 0. The molecule has 1 heteroatoms. The highest BCUT2D eigenvalue weighted by atomic mass is 16.1. The summed E-state index contributed by atoms with van der Waals surface area (Å²) in [5.41, 5.74) is 2.79. The zero-order valence-corrected chi connectivity index (χ0v) is 8.49. The Morgan fingerprint density at radius 1 is 1.43 bits per heavy atom. The van der Waals surface area contributed by atoms with E-state index in [1.807, 2.05) is 6.92 Å². The molecule has 0 fully saturated rings. The maximum Gasteiger partial charge on any atom is 0.202 e. The average Bonchev–Trinajstić information content (AvgIpc) is 2.27. The quantitative estimate of drug-likeness (QED) is 0.695. The highest BCUT2D eigenvalue weighted by Gasteiger charge is 2.24. The summed E-state index contributed by atoms with van der Waals surface area (Å²) in [4.78, 5) is 10.7. The summed E-state index contributed by atoms with van der Waals surface area (Å²) in [6, 6.07) is 8.48. The Labute approximate surface area is 85.1 Å². The minimum absolute atomic E-state index is 0.0384. The first-order valence-electron chi connectivity index (χ1n) is 5.28. The molecule has 1 aromatic rings. The molecular weight excluding hydrogens is 172 g/mol. The molecule has 2 rings (SSSR count). The van der Waals surface area contributed by atoms with Crippen molar-refractivity contribution in [3.8, 4) is 0 Å². The van der Waals surface area contributed by atoms with E-state index in [-0.39, 0.29) is 5.92 Å². The molecule has 0 heterocycles. The van der Waals surface area contributed by atoms with Gasteiger partial charge in [0.15, 0.2) is 0 Å². The highest BCUT2D eigenvalue weighted by molar-refractivity contribution is 5.57. The molecule has 73 valence electrons. The number of aryl methyl sites for hydroxylation is 1. The fraction of sp³-hybridized carbons (Fsp3) is 0.462. The lowest BCUT2D eigenvalue weighted by Gasteiger charge is -2.27. The molecule has 1 aromatic carbocycles. The van der Waals surface area contributed by atoms with Crippen molar-refractivity contribution in [2.24, 2.45) is 5.92 Å². The van der Waals surface area contributed by atoms with Gasteiger partial charge in [0.1, 0.15) is 0 Å². The third-order valence-electron chi connectivity index (χ3n) is 3.21. The zero-order chi connectivity index (χ0) is 9.97. The van der Waals surface area contributed by atoms with Gasteiger partial charge in [-0.3, -0.25) is 4.79 Å². The van der Waals surface area contributed by atoms with Crippen molar-refractivity contribution in [1.29, 1.82) is 0 Å². The summed E-state index contributed by atoms with van der Waals surface area (Å²) in [5, 5.41) is 0. The first-order valence-corrected chi connectivity index (χ1v) is 5.28. The molecule has 0 amide bonds. The van der Waals surface area contributed by atoms with Gasteiger partial charge in [-0.1, -0.05) is 31.2 Å². The van der Waals surface area contributed by atoms with Gasteiger partial charge in [0.25, 0.3) is 0 Å². The second kappa shape index (κ2) is 3.95. The smallest absolute Gasteiger partial charge is 0.202 e. The van der Waals surface area contributed by atoms with Gasteiger partial charge in [0.05, 0.1) is 0 Å². The Balaban J connectivity index is 2.35. The van der Waals surface area contributed by atoms with Crippen LogP contribution in [0.1, 0.15) is 36.8 Å². The lowest BCUT2D eigenvalue weighted by molar-refractivity contribution is 0.452. The Bertz CT molecular complexity index is 330. The number of benzene rings is 1. The van der Waals surface area contributed by atoms with Gasteiger partial charge in [-0.25, -0.2) is 0 Å². The Kier molecular flexibility index (Phi) is 2.67. The topological polar surface area (TPSA) is 17.1 Å². The number of hydrogen-bond acceptors (Lipinski definition) is 1. The molecule has 0 aliphatic heterocycles. The summed E-state index contributed by atoms with van der Waals surface area (Å²) in [6.45, 7) is 1.97. The molecule has 2 unspecified atom stereocenters. The molecule has 2 atom stereocenters. The van der Waals surface area contributed by atoms with Crippen LogP contribution in [0.3, 0.4) is 0 Å². The van der Waals surface area contributed by atoms with E-state index in [1.54, 1.807) is 0 Å². The maximum atomic E-state index is 10.7. The van der Waals surface area contributed by atoms with Crippen molar-refractivity contribution < 1.29 is 4.79 Å². The van der Waals surface area contributed by atoms with Gasteiger partial charge in [-0.2, -0.15) is 0 Å². The highest BCUT2D eigenvalue weighted by Crippen LogP contribution is 2.35. The molecule has 0 spiro atoms. The molecule has 0 saturated carbocycles. The van der Waals surface area contributed by atoms with Crippen molar-refractivity contribution >= 4 is 6.29 Å². The first kappa shape index (κ1) is 9.45. The predicted octanol–water partition coefficient (Wildman–Crippen LogP) is 2.85. The van der Waals surface area contributed by atoms with Crippen LogP contribution in [0.2, 0.25) is 0 Å². The van der Waals surface area contributed by atoms with E-state index in [2.05, 4.69) is 30.6 Å². The first-order chi connectivity index (χ1) is 6.83. The van der Waals surface area contributed by atoms with Gasteiger partial charge in [-0.05, 0) is 36.3 Å². The largest absolute Gasteiger partial charge is 0.291 e. The van der Waals surface area contributed by atoms with Crippen molar-refractivity contribution in [2.75, 3.05) is 0 Å². The SMILES string of the molecule is CC([C]=O)C1CCCc2ccccc21. The molecule has 1 aliphatic carbocycles. The summed E-state index contributed by atoms with van der Waals surface area (Å²) >= 11 is 0. The van der Waals surface area contributed by atoms with E-state index in [9.17, 15) is 4.79 Å². The molecule has 0 saturated heterocycles. The molecule has 1 nitrogen and oxygen atoms in total. The normalized spacial score (nSPS) is 22.5. The second-order valence-electron chi connectivity index (χ2n) is 4.10. The van der Waals surface area contributed by atoms with E-state index in [4.69, 9.17) is 0 Å². The van der Waals surface area contributed by atoms with Crippen molar-refractivity contribution in [1.82, 2.24) is 0 Å². The van der Waals surface area contributed by atoms with Gasteiger partial charge < -0.3 is 0 Å². The molecular formula is C13H15O. The van der Waals surface area contributed by atoms with Crippen LogP contribution in [0.15, 0.2) is 24.3 Å². The van der Waals surface area contributed by atoms with Crippen LogP contribution in [0.5, 0.6) is 0 Å². The van der Waals surface area contributed by atoms with Gasteiger partial charge in [0, 0.05) is 5.92 Å². The monoisotopic (exact) mass is 187 g/mol. The maximum absolute atomic E-state index is 10.7. The fourth-order valence-corrected chi connectivity index (χ4v) is 2.39. The minimum atomic E-state index is 0.0384. The Hall–Kier alpha value is -1.11. The Morgan fingerprint density at radius 3 is 3.00 bits per heavy atom. The van der Waals surface area contributed by atoms with E-state index >= 15 is 0 Å². The van der Waals surface area contributed by atoms with E-state index in [0.717, 1.165) is 12.8 Å². The number of rotatable bonds is 2. The van der Waals surface area contributed by atoms with Gasteiger partial charge >= 0.3 is 0 Å². The van der Waals surface area contributed by atoms with Crippen LogP contribution < -0.4 is 0 Å². The Morgan fingerprint density at radius 2 is 2.21 bits per heavy atom. The average molecular weight is 187 g/mol. The molecule has 0 N–H and O–H groups in total. The van der Waals surface area contributed by atoms with Crippen molar-refractivity contribution in [2.45, 2.75) is 32.1 Å². The third kappa shape index (κ3) is 1.59. The van der Waals surface area contributed by atoms with Crippen molar-refractivity contribution in [3.63, 3.8) is 0 Å². The standard InChI is InChI=1S/C13H15O/c1-10(9-14)12-8-4-6-11-5-2-3-7-13(11)12/h2-3,5,7,10,12H,4,6,8H2,1H3. The van der Waals surface area contributed by atoms with E-state index in [1.165, 1.54) is 17.5 Å². The molecule has 0 aromatic heterocycles. The minimum Gasteiger partial charge on any atom is -0.291 e. The van der Waals surface area contributed by atoms with Crippen LogP contribution >= 0.6 is 0 Å². The lowest BCUT2D eigenvalue weighted by atomic mass is 9.77. The van der Waals surface area contributed by atoms with Crippen LogP contribution in [0.25, 0.3) is 0 Å². The molecule has 1 radical (unpaired) electrons. The number of hydrogen-bond donors (Lipinski definition) is 0. The van der Waals surface area contributed by atoms with Crippen LogP contribution in [0.4, 0.5) is 0 Å². The summed E-state index contributed by atoms with van der Waals surface area (Å²) in [6.07, 6.45) is 5.62. The molecule has 14 heavy (non-hydrogen) atoms. The van der Waals surface area contributed by atoms with Gasteiger partial charge in [0.2, 0.25) is 6.29 Å². The third-order valence-corrected chi connectivity index (χ3v) is 3.21. The second-order valence-corrected chi connectivity index (χ2v) is 4.10. The molecule has 0 bridgehead atoms. The van der Waals surface area contributed by atoms with E-state index in [0.29, 0.717) is 5.92 Å². The fourth-order valence-electron chi connectivity index (χ4n) is 2.39. The van der Waals surface area contributed by atoms with E-state index < -0.39 is 0 Å². The predicted molar refractivity (Wildman–Crippen MR) is 57.0 cm³/mol. The lowest BCUT2D eigenvalue weighted by Crippen LogP contribution is -2.17. The summed E-state index contributed by atoms with van der Waals surface area (Å²) in [5.74, 6) is 0.439.